The third-order valence-corrected chi connectivity index (χ3v) is 5.22. The third-order valence-electron chi connectivity index (χ3n) is 5.22. The van der Waals surface area contributed by atoms with Gasteiger partial charge >= 0.3 is 0 Å². The molecule has 1 fully saturated rings. The van der Waals surface area contributed by atoms with Crippen LogP contribution >= 0.6 is 0 Å². The van der Waals surface area contributed by atoms with Gasteiger partial charge in [-0.3, -0.25) is 0 Å². The van der Waals surface area contributed by atoms with E-state index in [9.17, 15) is 5.21 Å². The molecule has 0 radical (unpaired) electrons. The Hall–Kier alpha value is -1.03. The predicted octanol–water partition coefficient (Wildman–Crippen LogP) is 5.12. The van der Waals surface area contributed by atoms with Crippen LogP contribution in [-0.2, 0) is 4.74 Å². The van der Waals surface area contributed by atoms with Crippen molar-refractivity contribution in [2.24, 2.45) is 5.16 Å². The lowest BCUT2D eigenvalue weighted by atomic mass is 10.0. The van der Waals surface area contributed by atoms with E-state index in [1.165, 1.54) is 64.2 Å². The van der Waals surface area contributed by atoms with E-state index in [1.54, 1.807) is 0 Å². The van der Waals surface area contributed by atoms with Crippen LogP contribution in [0.25, 0.3) is 0 Å². The summed E-state index contributed by atoms with van der Waals surface area (Å²) in [7, 11) is 0. The van der Waals surface area contributed by atoms with Gasteiger partial charge in [-0.05, 0) is 25.7 Å². The second-order valence-corrected chi connectivity index (χ2v) is 7.16. The minimum Gasteiger partial charge on any atom is -0.411 e. The van der Waals surface area contributed by atoms with Gasteiger partial charge < -0.3 is 14.8 Å². The second-order valence-electron chi connectivity index (χ2n) is 7.16. The molecule has 0 aromatic heterocycles. The fraction of sp³-hybridized carbons (Fsp3) is 0.850. The van der Waals surface area contributed by atoms with Gasteiger partial charge in [-0.25, -0.2) is 0 Å². The SMILES string of the molecule is ON=C1CCCCCCCCCCCCCC=C1N1CCOCC1. The number of morpholine rings is 1. The van der Waals surface area contributed by atoms with Crippen LogP contribution in [0.4, 0.5) is 0 Å². The van der Waals surface area contributed by atoms with Crippen molar-refractivity contribution in [3.63, 3.8) is 0 Å². The second kappa shape index (κ2) is 12.3. The molecule has 0 aromatic carbocycles. The first-order chi connectivity index (χ1) is 11.9. The van der Waals surface area contributed by atoms with Crippen LogP contribution in [0.2, 0.25) is 0 Å². The van der Waals surface area contributed by atoms with Crippen LogP contribution in [0.3, 0.4) is 0 Å². The first-order valence-electron chi connectivity index (χ1n) is 10.2. The molecule has 1 saturated heterocycles. The van der Waals surface area contributed by atoms with E-state index >= 15 is 0 Å². The van der Waals surface area contributed by atoms with E-state index in [-0.39, 0.29) is 0 Å². The molecular formula is C20H36N2O2. The fourth-order valence-corrected chi connectivity index (χ4v) is 3.73. The lowest BCUT2D eigenvalue weighted by molar-refractivity contribution is 0.0560. The zero-order valence-electron chi connectivity index (χ0n) is 15.3. The molecule has 0 amide bonds. The molecule has 1 heterocycles. The molecule has 2 rings (SSSR count). The fourth-order valence-electron chi connectivity index (χ4n) is 3.73. The maximum atomic E-state index is 9.57. The molecule has 0 atom stereocenters. The summed E-state index contributed by atoms with van der Waals surface area (Å²) >= 11 is 0. The Kier molecular flexibility index (Phi) is 9.93. The highest BCUT2D eigenvalue weighted by Crippen LogP contribution is 2.19. The normalized spacial score (nSPS) is 25.4. The molecule has 4 nitrogen and oxygen atoms in total. The molecule has 24 heavy (non-hydrogen) atoms. The highest BCUT2D eigenvalue weighted by atomic mass is 16.5. The summed E-state index contributed by atoms with van der Waals surface area (Å²) in [5.74, 6) is 0. The highest BCUT2D eigenvalue weighted by molar-refractivity contribution is 5.99. The Labute approximate surface area is 147 Å². The van der Waals surface area contributed by atoms with Crippen LogP contribution in [0.1, 0.15) is 83.5 Å². The van der Waals surface area contributed by atoms with E-state index in [4.69, 9.17) is 4.74 Å². The van der Waals surface area contributed by atoms with Gasteiger partial charge in [0.2, 0.25) is 0 Å². The largest absolute Gasteiger partial charge is 0.411 e. The maximum Gasteiger partial charge on any atom is 0.102 e. The topological polar surface area (TPSA) is 45.1 Å². The van der Waals surface area contributed by atoms with Gasteiger partial charge in [0.05, 0.1) is 18.9 Å². The monoisotopic (exact) mass is 336 g/mol. The predicted molar refractivity (Wildman–Crippen MR) is 99.7 cm³/mol. The van der Waals surface area contributed by atoms with Crippen molar-refractivity contribution in [3.05, 3.63) is 11.8 Å². The molecule has 0 unspecified atom stereocenters. The minimum atomic E-state index is 0.774. The molecule has 0 bridgehead atoms. The summed E-state index contributed by atoms with van der Waals surface area (Å²) < 4.78 is 5.48. The smallest absolute Gasteiger partial charge is 0.102 e. The van der Waals surface area contributed by atoms with Crippen LogP contribution in [0, 0.1) is 0 Å². The van der Waals surface area contributed by atoms with Crippen molar-refractivity contribution in [3.8, 4) is 0 Å². The summed E-state index contributed by atoms with van der Waals surface area (Å²) in [6.07, 6.45) is 18.9. The molecule has 1 aliphatic heterocycles. The van der Waals surface area contributed by atoms with E-state index in [0.29, 0.717) is 0 Å². The zero-order chi connectivity index (χ0) is 16.9. The van der Waals surface area contributed by atoms with Gasteiger partial charge in [-0.15, -0.1) is 0 Å². The van der Waals surface area contributed by atoms with E-state index in [1.807, 2.05) is 0 Å². The summed E-state index contributed by atoms with van der Waals surface area (Å²) in [4.78, 5) is 2.35. The summed E-state index contributed by atoms with van der Waals surface area (Å²) in [6.45, 7) is 3.36. The molecule has 0 aromatic rings. The van der Waals surface area contributed by atoms with Gasteiger partial charge in [0.25, 0.3) is 0 Å². The molecule has 2 aliphatic rings. The minimum absolute atomic E-state index is 0.774. The first kappa shape index (κ1) is 19.3. The van der Waals surface area contributed by atoms with Crippen molar-refractivity contribution in [2.75, 3.05) is 26.3 Å². The Morgan fingerprint density at radius 3 is 1.92 bits per heavy atom. The number of allylic oxidation sites excluding steroid dienone is 2. The Balaban J connectivity index is 1.97. The average Bonchev–Trinajstić information content (AvgIpc) is 2.62. The highest BCUT2D eigenvalue weighted by Gasteiger charge is 2.18. The van der Waals surface area contributed by atoms with E-state index in [0.717, 1.165) is 57.0 Å². The number of ether oxygens (including phenoxy) is 1. The number of nitrogens with zero attached hydrogens (tertiary/aromatic N) is 2. The average molecular weight is 337 g/mol. The van der Waals surface area contributed by atoms with Gasteiger partial charge in [0, 0.05) is 13.1 Å². The lowest BCUT2D eigenvalue weighted by Crippen LogP contribution is -2.38. The number of oxime groups is 1. The summed E-state index contributed by atoms with van der Waals surface area (Å²) in [6, 6.07) is 0. The first-order valence-corrected chi connectivity index (χ1v) is 10.2. The number of hydrogen-bond donors (Lipinski definition) is 1. The lowest BCUT2D eigenvalue weighted by Gasteiger charge is -2.31. The van der Waals surface area contributed by atoms with Crippen LogP contribution in [0.5, 0.6) is 0 Å². The molecule has 138 valence electrons. The van der Waals surface area contributed by atoms with E-state index < -0.39 is 0 Å². The van der Waals surface area contributed by atoms with Crippen molar-refractivity contribution < 1.29 is 9.94 Å². The quantitative estimate of drug-likeness (QED) is 0.534. The van der Waals surface area contributed by atoms with Crippen molar-refractivity contribution >= 4 is 5.71 Å². The van der Waals surface area contributed by atoms with Gasteiger partial charge in [0.15, 0.2) is 0 Å². The van der Waals surface area contributed by atoms with Crippen molar-refractivity contribution in [1.29, 1.82) is 0 Å². The zero-order valence-corrected chi connectivity index (χ0v) is 15.3. The Bertz CT molecular complexity index is 387. The summed E-state index contributed by atoms with van der Waals surface area (Å²) in [5.41, 5.74) is 2.04. The van der Waals surface area contributed by atoms with Gasteiger partial charge in [-0.1, -0.05) is 69.0 Å². The molecular weight excluding hydrogens is 300 g/mol. The third kappa shape index (κ3) is 7.25. The van der Waals surface area contributed by atoms with Crippen LogP contribution in [-0.4, -0.2) is 42.1 Å². The Morgan fingerprint density at radius 2 is 1.33 bits per heavy atom. The molecule has 0 saturated carbocycles. The standard InChI is InChI=1S/C20H36N2O2/c23-21-19-13-11-9-7-5-3-1-2-4-6-8-10-12-14-20(19)22-15-17-24-18-16-22/h14,23H,1-13,15-18H2. The summed E-state index contributed by atoms with van der Waals surface area (Å²) in [5, 5.41) is 13.2. The number of rotatable bonds is 1. The Morgan fingerprint density at radius 1 is 0.792 bits per heavy atom. The molecule has 0 spiro atoms. The molecule has 4 heteroatoms. The molecule has 1 aliphatic carbocycles. The maximum absolute atomic E-state index is 9.57. The van der Waals surface area contributed by atoms with E-state index in [2.05, 4.69) is 16.1 Å². The van der Waals surface area contributed by atoms with Crippen molar-refractivity contribution in [2.45, 2.75) is 83.5 Å². The van der Waals surface area contributed by atoms with Crippen LogP contribution < -0.4 is 0 Å². The van der Waals surface area contributed by atoms with Gasteiger partial charge in [-0.2, -0.15) is 0 Å². The van der Waals surface area contributed by atoms with Crippen molar-refractivity contribution in [1.82, 2.24) is 4.90 Å². The van der Waals surface area contributed by atoms with Crippen LogP contribution in [0.15, 0.2) is 16.9 Å². The van der Waals surface area contributed by atoms with Gasteiger partial charge in [0.1, 0.15) is 5.71 Å². The number of hydrogen-bond acceptors (Lipinski definition) is 4. The molecule has 1 N–H and O–H groups in total.